The first-order valence-electron chi connectivity index (χ1n) is 12.1. The van der Waals surface area contributed by atoms with Gasteiger partial charge in [0.2, 0.25) is 5.95 Å². The molecule has 0 atom stereocenters. The maximum Gasteiger partial charge on any atom is 0.418 e. The number of unbranched alkanes of at least 4 members (excludes halogenated alkanes) is 1. The molecular formula is C25H28F3N6O2P. The normalized spacial score (nSPS) is 16.8. The number of alkyl halides is 3. The monoisotopic (exact) mass is 532 g/mol. The molecule has 2 aliphatic rings. The van der Waals surface area contributed by atoms with E-state index in [0.29, 0.717) is 29.3 Å². The summed E-state index contributed by atoms with van der Waals surface area (Å²) in [6, 6.07) is 5.63. The van der Waals surface area contributed by atoms with E-state index in [9.17, 15) is 17.7 Å². The van der Waals surface area contributed by atoms with Crippen molar-refractivity contribution in [2.24, 2.45) is 0 Å². The number of fused-ring (bicyclic) bond motifs is 1. The summed E-state index contributed by atoms with van der Waals surface area (Å²) in [5.41, 5.74) is -0.279. The Morgan fingerprint density at radius 2 is 1.97 bits per heavy atom. The zero-order chi connectivity index (χ0) is 26.2. The van der Waals surface area contributed by atoms with Crippen molar-refractivity contribution in [2.45, 2.75) is 44.8 Å². The van der Waals surface area contributed by atoms with E-state index in [0.717, 1.165) is 31.9 Å². The average Bonchev–Trinajstić information content (AvgIpc) is 3.62. The fraction of sp³-hybridized carbons (Fsp3) is 0.360. The van der Waals surface area contributed by atoms with E-state index in [2.05, 4.69) is 30.5 Å². The Labute approximate surface area is 212 Å². The van der Waals surface area contributed by atoms with Gasteiger partial charge >= 0.3 is 6.18 Å². The third-order valence-electron chi connectivity index (χ3n) is 6.38. The number of nitrogens with zero attached hydrogens (tertiary/aromatic N) is 3. The Hall–Kier alpha value is -3.46. The number of methoxy groups -OCH3 is 1. The van der Waals surface area contributed by atoms with Crippen LogP contribution in [0.2, 0.25) is 0 Å². The quantitative estimate of drug-likeness (QED) is 0.218. The lowest BCUT2D eigenvalue weighted by Gasteiger charge is -2.22. The number of nitrogens with one attached hydrogen (secondary N) is 3. The number of H-pyrrole nitrogens is 1. The smallest absolute Gasteiger partial charge is 0.418 e. The fourth-order valence-electron chi connectivity index (χ4n) is 4.18. The number of aromatic amines is 1. The summed E-state index contributed by atoms with van der Waals surface area (Å²) < 4.78 is 59.8. The molecule has 196 valence electrons. The summed E-state index contributed by atoms with van der Waals surface area (Å²) in [5.74, 6) is 4.07. The van der Waals surface area contributed by atoms with E-state index in [4.69, 9.17) is 4.74 Å². The minimum atomic E-state index is -4.55. The molecule has 3 aromatic rings. The molecule has 0 spiro atoms. The van der Waals surface area contributed by atoms with Gasteiger partial charge in [0.15, 0.2) is 7.14 Å². The van der Waals surface area contributed by atoms with Crippen LogP contribution in [0, 0.1) is 0 Å². The lowest BCUT2D eigenvalue weighted by atomic mass is 10.2. The fourth-order valence-corrected chi connectivity index (χ4v) is 5.96. The molecule has 5 rings (SSSR count). The van der Waals surface area contributed by atoms with Crippen molar-refractivity contribution in [1.82, 2.24) is 19.9 Å². The van der Waals surface area contributed by atoms with Crippen molar-refractivity contribution >= 4 is 40.9 Å². The van der Waals surface area contributed by atoms with E-state index in [1.165, 1.54) is 7.11 Å². The van der Waals surface area contributed by atoms with Gasteiger partial charge in [-0.25, -0.2) is 0 Å². The Morgan fingerprint density at radius 3 is 2.62 bits per heavy atom. The van der Waals surface area contributed by atoms with Gasteiger partial charge in [0.05, 0.1) is 23.7 Å². The van der Waals surface area contributed by atoms with Crippen molar-refractivity contribution in [2.75, 3.05) is 24.3 Å². The summed E-state index contributed by atoms with van der Waals surface area (Å²) in [6.45, 7) is 2.46. The van der Waals surface area contributed by atoms with Crippen LogP contribution in [0.3, 0.4) is 0 Å². The predicted molar refractivity (Wildman–Crippen MR) is 139 cm³/mol. The van der Waals surface area contributed by atoms with Crippen LogP contribution in [0.1, 0.15) is 38.2 Å². The lowest BCUT2D eigenvalue weighted by molar-refractivity contribution is -0.136. The molecule has 1 aromatic carbocycles. The molecule has 0 amide bonds. The highest BCUT2D eigenvalue weighted by Crippen LogP contribution is 2.51. The van der Waals surface area contributed by atoms with Gasteiger partial charge in [0, 0.05) is 36.5 Å². The molecule has 0 saturated heterocycles. The first-order valence-corrected chi connectivity index (χ1v) is 14.0. The summed E-state index contributed by atoms with van der Waals surface area (Å²) >= 11 is 0. The van der Waals surface area contributed by atoms with Crippen LogP contribution in [-0.2, 0) is 10.7 Å². The second kappa shape index (κ2) is 9.78. The highest BCUT2D eigenvalue weighted by atomic mass is 31.2. The molecular weight excluding hydrogens is 504 g/mol. The average molecular weight is 533 g/mol. The number of benzene rings is 1. The van der Waals surface area contributed by atoms with Crippen LogP contribution in [0.25, 0.3) is 11.0 Å². The van der Waals surface area contributed by atoms with Gasteiger partial charge < -0.3 is 29.8 Å². The van der Waals surface area contributed by atoms with E-state index >= 15 is 0 Å². The third-order valence-corrected chi connectivity index (χ3v) is 8.62. The number of hydrogen-bond acceptors (Lipinski definition) is 7. The second-order valence-corrected chi connectivity index (χ2v) is 11.6. The summed E-state index contributed by atoms with van der Waals surface area (Å²) in [6.07, 6.45) is 4.02. The molecule has 1 saturated carbocycles. The van der Waals surface area contributed by atoms with Crippen LogP contribution in [0.4, 0.5) is 30.6 Å². The highest BCUT2D eigenvalue weighted by Gasteiger charge is 2.36. The number of halogens is 3. The number of rotatable bonds is 9. The predicted octanol–water partition coefficient (Wildman–Crippen LogP) is 6.35. The van der Waals surface area contributed by atoms with Crippen molar-refractivity contribution < 1.29 is 22.5 Å². The lowest BCUT2D eigenvalue weighted by Crippen LogP contribution is -2.15. The molecule has 8 nitrogen and oxygen atoms in total. The van der Waals surface area contributed by atoms with Crippen LogP contribution < -0.4 is 20.7 Å². The van der Waals surface area contributed by atoms with Crippen LogP contribution >= 0.6 is 7.14 Å². The van der Waals surface area contributed by atoms with Crippen molar-refractivity contribution in [3.8, 4) is 5.75 Å². The maximum absolute atomic E-state index is 13.6. The largest absolute Gasteiger partial charge is 0.495 e. The Bertz CT molecular complexity index is 1400. The van der Waals surface area contributed by atoms with Gasteiger partial charge in [-0.1, -0.05) is 13.3 Å². The van der Waals surface area contributed by atoms with Gasteiger partial charge in [0.1, 0.15) is 17.2 Å². The minimum Gasteiger partial charge on any atom is -0.495 e. The van der Waals surface area contributed by atoms with Crippen LogP contribution in [0.5, 0.6) is 5.75 Å². The third kappa shape index (κ3) is 5.18. The Balaban J connectivity index is 1.45. The van der Waals surface area contributed by atoms with Gasteiger partial charge in [-0.3, -0.25) is 0 Å². The van der Waals surface area contributed by atoms with Crippen molar-refractivity contribution in [3.63, 3.8) is 0 Å². The summed E-state index contributed by atoms with van der Waals surface area (Å²) in [4.78, 5) is 13.3. The van der Waals surface area contributed by atoms with Crippen molar-refractivity contribution in [3.05, 3.63) is 54.0 Å². The zero-order valence-corrected chi connectivity index (χ0v) is 21.4. The van der Waals surface area contributed by atoms with Gasteiger partial charge in [-0.15, -0.1) is 0 Å². The van der Waals surface area contributed by atoms with Crippen LogP contribution in [-0.4, -0.2) is 39.5 Å². The number of aromatic nitrogens is 3. The molecule has 1 aliphatic carbocycles. The first kappa shape index (κ1) is 25.2. The molecule has 2 aromatic heterocycles. The SMILES string of the molecule is CCCCNc1nc(Nc2ccc(P3(=O)C=CN(C4CC4)C=C3)cc2OC)nc2[nH]cc(C(F)(F)F)c12. The molecule has 3 heterocycles. The summed E-state index contributed by atoms with van der Waals surface area (Å²) in [5, 5.41) is 6.56. The standard InChI is InChI=1S/C25H28F3N6O2P/c1-3-4-9-29-22-21-18(25(26,27)28)15-30-23(21)33-24(32-22)31-19-8-7-17(14-20(19)36-2)37(35)12-10-34(11-13-37)16-5-6-16/h7-8,10-16H,3-6,9H2,1-2H3,(H3,29,30,31,32,33). The number of hydrogen-bond donors (Lipinski definition) is 3. The molecule has 0 bridgehead atoms. The molecule has 12 heteroatoms. The maximum atomic E-state index is 13.6. The molecule has 1 fully saturated rings. The minimum absolute atomic E-state index is 0.0570. The van der Waals surface area contributed by atoms with Gasteiger partial charge in [0.25, 0.3) is 0 Å². The second-order valence-electron chi connectivity index (χ2n) is 9.09. The summed E-state index contributed by atoms with van der Waals surface area (Å²) in [7, 11) is -1.40. The van der Waals surface area contributed by atoms with E-state index in [1.54, 1.807) is 29.8 Å². The number of anilines is 3. The van der Waals surface area contributed by atoms with Gasteiger partial charge in [-0.2, -0.15) is 23.1 Å². The van der Waals surface area contributed by atoms with Crippen LogP contribution in [0.15, 0.2) is 48.4 Å². The Kier molecular flexibility index (Phi) is 6.66. The molecule has 0 radical (unpaired) electrons. The molecule has 1 aliphatic heterocycles. The molecule has 3 N–H and O–H groups in total. The van der Waals surface area contributed by atoms with Crippen molar-refractivity contribution in [1.29, 1.82) is 0 Å². The van der Waals surface area contributed by atoms with E-state index in [-0.39, 0.29) is 22.8 Å². The highest BCUT2D eigenvalue weighted by molar-refractivity contribution is 7.77. The Morgan fingerprint density at radius 1 is 1.22 bits per heavy atom. The molecule has 37 heavy (non-hydrogen) atoms. The van der Waals surface area contributed by atoms with Gasteiger partial charge in [-0.05, 0) is 49.1 Å². The van der Waals surface area contributed by atoms with E-state index < -0.39 is 18.9 Å². The zero-order valence-electron chi connectivity index (χ0n) is 20.5. The number of ether oxygens (including phenoxy) is 1. The molecule has 0 unspecified atom stereocenters. The topological polar surface area (TPSA) is 95.2 Å². The first-order chi connectivity index (χ1) is 17.7. The van der Waals surface area contributed by atoms with E-state index in [1.807, 2.05) is 19.3 Å².